The van der Waals surface area contributed by atoms with Crippen molar-refractivity contribution in [3.05, 3.63) is 60.4 Å². The van der Waals surface area contributed by atoms with E-state index in [1.54, 1.807) is 0 Å². The predicted octanol–water partition coefficient (Wildman–Crippen LogP) is 3.00. The van der Waals surface area contributed by atoms with Crippen LogP contribution in [0.25, 0.3) is 33.7 Å². The van der Waals surface area contributed by atoms with Gasteiger partial charge in [-0.15, -0.1) is 0 Å². The molecule has 4 N–H and O–H groups in total. The summed E-state index contributed by atoms with van der Waals surface area (Å²) < 4.78 is 6.06. The number of nitrogens with one attached hydrogen (secondary N) is 2. The highest BCUT2D eigenvalue weighted by atomic mass is 16.4. The Balaban J connectivity index is 1.55. The van der Waals surface area contributed by atoms with Crippen LogP contribution in [0.5, 0.6) is 0 Å². The number of nitrogens with zero attached hydrogens (tertiary/aromatic N) is 2. The van der Waals surface area contributed by atoms with E-state index in [0.29, 0.717) is 11.7 Å². The second kappa shape index (κ2) is 7.10. The Morgan fingerprint density at radius 3 is 2.62 bits per heavy atom. The van der Waals surface area contributed by atoms with E-state index in [1.165, 1.54) is 0 Å². The van der Waals surface area contributed by atoms with Crippen molar-refractivity contribution in [3.8, 4) is 22.8 Å². The molecule has 4 aromatic rings. The highest BCUT2D eigenvalue weighted by Crippen LogP contribution is 2.34. The first-order valence-electron chi connectivity index (χ1n) is 9.64. The molecule has 7 heteroatoms. The maximum atomic E-state index is 12.0. The molecule has 29 heavy (non-hydrogen) atoms. The van der Waals surface area contributed by atoms with Crippen LogP contribution in [0.15, 0.2) is 59.1 Å². The fourth-order valence-electron chi connectivity index (χ4n) is 3.82. The largest absolute Gasteiger partial charge is 0.435 e. The van der Waals surface area contributed by atoms with Crippen molar-refractivity contribution in [1.29, 1.82) is 0 Å². The fourth-order valence-corrected chi connectivity index (χ4v) is 3.82. The Hall–Kier alpha value is -3.58. The first-order valence-corrected chi connectivity index (χ1v) is 9.64. The lowest BCUT2D eigenvalue weighted by atomic mass is 10.1. The van der Waals surface area contributed by atoms with Crippen LogP contribution in [-0.4, -0.2) is 42.1 Å². The zero-order valence-corrected chi connectivity index (χ0v) is 15.8. The molecule has 1 fully saturated rings. The van der Waals surface area contributed by atoms with Crippen molar-refractivity contribution in [1.82, 2.24) is 15.3 Å². The number of primary amides is 1. The Kier molecular flexibility index (Phi) is 4.29. The molecule has 5 rings (SSSR count). The lowest BCUT2D eigenvalue weighted by Gasteiger charge is -2.29. The molecule has 1 saturated heterocycles. The number of aromatic nitrogens is 2. The van der Waals surface area contributed by atoms with Gasteiger partial charge in [0.15, 0.2) is 11.5 Å². The summed E-state index contributed by atoms with van der Waals surface area (Å²) in [7, 11) is 0. The maximum absolute atomic E-state index is 12.0. The molecule has 7 nitrogen and oxygen atoms in total. The predicted molar refractivity (Wildman–Crippen MR) is 113 cm³/mol. The Morgan fingerprint density at radius 2 is 1.86 bits per heavy atom. The monoisotopic (exact) mass is 387 g/mol. The lowest BCUT2D eigenvalue weighted by molar-refractivity contribution is 0.0996. The molecule has 1 amide bonds. The average Bonchev–Trinajstić information content (AvgIpc) is 3.42. The molecule has 3 heterocycles. The highest BCUT2D eigenvalue weighted by molar-refractivity contribution is 5.99. The van der Waals surface area contributed by atoms with Crippen molar-refractivity contribution in [2.75, 3.05) is 31.1 Å². The molecule has 0 radical (unpaired) electrons. The van der Waals surface area contributed by atoms with E-state index in [2.05, 4.69) is 20.2 Å². The number of carbonyl (C=O) groups is 1. The molecule has 0 spiro atoms. The number of fused-ring (bicyclic) bond motifs is 1. The highest BCUT2D eigenvalue weighted by Gasteiger charge is 2.22. The zero-order valence-electron chi connectivity index (χ0n) is 15.8. The maximum Gasteiger partial charge on any atom is 0.271 e. The molecule has 0 bridgehead atoms. The summed E-state index contributed by atoms with van der Waals surface area (Å²) in [5.41, 5.74) is 9.45. The summed E-state index contributed by atoms with van der Waals surface area (Å²) in [5, 5.41) is 4.33. The fraction of sp³-hybridized carbons (Fsp3) is 0.182. The van der Waals surface area contributed by atoms with E-state index in [9.17, 15) is 4.79 Å². The normalized spacial score (nSPS) is 14.4. The third-order valence-electron chi connectivity index (χ3n) is 5.30. The molecule has 0 aliphatic carbocycles. The van der Waals surface area contributed by atoms with Gasteiger partial charge in [-0.2, -0.15) is 0 Å². The first kappa shape index (κ1) is 17.5. The second-order valence-electron chi connectivity index (χ2n) is 7.09. The standard InChI is InChI=1S/C22H21N5O2/c23-21(28)19-20(14-4-6-15(7-5-14)27-12-10-24-11-13-27)29-22(26-19)17-2-1-3-18-16(17)8-9-25-18/h1-9,24-25H,10-13H2,(H2,23,28). The van der Waals surface area contributed by atoms with Crippen molar-refractivity contribution < 1.29 is 9.21 Å². The van der Waals surface area contributed by atoms with Crippen molar-refractivity contribution in [2.45, 2.75) is 0 Å². The van der Waals surface area contributed by atoms with Crippen LogP contribution in [0.3, 0.4) is 0 Å². The number of aromatic amines is 1. The van der Waals surface area contributed by atoms with Gasteiger partial charge < -0.3 is 25.4 Å². The van der Waals surface area contributed by atoms with E-state index in [4.69, 9.17) is 10.2 Å². The van der Waals surface area contributed by atoms with E-state index in [-0.39, 0.29) is 5.69 Å². The number of rotatable bonds is 4. The summed E-state index contributed by atoms with van der Waals surface area (Å²) in [4.78, 5) is 22.0. The summed E-state index contributed by atoms with van der Waals surface area (Å²) in [6.45, 7) is 3.89. The molecule has 2 aromatic carbocycles. The van der Waals surface area contributed by atoms with E-state index >= 15 is 0 Å². The van der Waals surface area contributed by atoms with Crippen molar-refractivity contribution in [3.63, 3.8) is 0 Å². The number of hydrogen-bond acceptors (Lipinski definition) is 5. The van der Waals surface area contributed by atoms with Gasteiger partial charge in [0.2, 0.25) is 5.89 Å². The zero-order chi connectivity index (χ0) is 19.8. The molecule has 0 unspecified atom stereocenters. The number of benzene rings is 2. The van der Waals surface area contributed by atoms with Crippen molar-refractivity contribution in [2.24, 2.45) is 5.73 Å². The number of amides is 1. The van der Waals surface area contributed by atoms with Gasteiger partial charge in [0.05, 0.1) is 0 Å². The van der Waals surface area contributed by atoms with Gasteiger partial charge in [-0.25, -0.2) is 4.98 Å². The summed E-state index contributed by atoms with van der Waals surface area (Å²) >= 11 is 0. The summed E-state index contributed by atoms with van der Waals surface area (Å²) in [6.07, 6.45) is 1.86. The van der Waals surface area contributed by atoms with Gasteiger partial charge in [-0.1, -0.05) is 6.07 Å². The second-order valence-corrected chi connectivity index (χ2v) is 7.09. The Labute approximate surface area is 167 Å². The molecule has 0 atom stereocenters. The lowest BCUT2D eigenvalue weighted by Crippen LogP contribution is -2.43. The third kappa shape index (κ3) is 3.15. The van der Waals surface area contributed by atoms with Crippen LogP contribution < -0.4 is 16.0 Å². The van der Waals surface area contributed by atoms with E-state index in [1.807, 2.05) is 54.7 Å². The Morgan fingerprint density at radius 1 is 1.07 bits per heavy atom. The minimum Gasteiger partial charge on any atom is -0.435 e. The van der Waals surface area contributed by atoms with E-state index < -0.39 is 5.91 Å². The number of oxazole rings is 1. The third-order valence-corrected chi connectivity index (χ3v) is 5.30. The van der Waals surface area contributed by atoms with Crippen molar-refractivity contribution >= 4 is 22.5 Å². The first-order chi connectivity index (χ1) is 14.2. The van der Waals surface area contributed by atoms with Gasteiger partial charge in [-0.3, -0.25) is 4.79 Å². The van der Waals surface area contributed by atoms with Crippen LogP contribution in [0.2, 0.25) is 0 Å². The van der Waals surface area contributed by atoms with Gasteiger partial charge >= 0.3 is 0 Å². The molecular weight excluding hydrogens is 366 g/mol. The van der Waals surface area contributed by atoms with Gasteiger partial charge in [-0.05, 0) is 42.5 Å². The van der Waals surface area contributed by atoms with Crippen LogP contribution in [-0.2, 0) is 0 Å². The number of nitrogens with two attached hydrogens (primary N) is 1. The summed E-state index contributed by atoms with van der Waals surface area (Å²) in [6, 6.07) is 15.8. The van der Waals surface area contributed by atoms with Gasteiger partial charge in [0, 0.05) is 60.1 Å². The van der Waals surface area contributed by atoms with Crippen LogP contribution in [0.4, 0.5) is 5.69 Å². The smallest absolute Gasteiger partial charge is 0.271 e. The number of anilines is 1. The number of H-pyrrole nitrogens is 1. The molecule has 1 aliphatic heterocycles. The Bertz CT molecular complexity index is 1170. The topological polar surface area (TPSA) is 100 Å². The molecular formula is C22H21N5O2. The van der Waals surface area contributed by atoms with Gasteiger partial charge in [0.25, 0.3) is 5.91 Å². The van der Waals surface area contributed by atoms with Gasteiger partial charge in [0.1, 0.15) is 0 Å². The minimum absolute atomic E-state index is 0.141. The number of hydrogen-bond donors (Lipinski definition) is 3. The molecule has 1 aliphatic rings. The number of piperazine rings is 1. The number of carbonyl (C=O) groups excluding carboxylic acids is 1. The molecule has 146 valence electrons. The molecule has 0 saturated carbocycles. The summed E-state index contributed by atoms with van der Waals surface area (Å²) in [5.74, 6) is 0.166. The van der Waals surface area contributed by atoms with Crippen LogP contribution in [0, 0.1) is 0 Å². The van der Waals surface area contributed by atoms with Crippen LogP contribution >= 0.6 is 0 Å². The molecule has 2 aromatic heterocycles. The quantitative estimate of drug-likeness (QED) is 0.500. The minimum atomic E-state index is -0.609. The van der Waals surface area contributed by atoms with E-state index in [0.717, 1.165) is 53.9 Å². The van der Waals surface area contributed by atoms with Crippen LogP contribution in [0.1, 0.15) is 10.5 Å². The SMILES string of the molecule is NC(=O)c1nc(-c2cccc3[nH]ccc23)oc1-c1ccc(N2CCNCC2)cc1. The average molecular weight is 387 g/mol.